The average Bonchev–Trinajstić information content (AvgIpc) is 2.56. The summed E-state index contributed by atoms with van der Waals surface area (Å²) in [5.74, 6) is -1.37. The molecule has 0 aliphatic carbocycles. The Labute approximate surface area is 134 Å². The highest BCUT2D eigenvalue weighted by atomic mass is 16.1. The minimum absolute atomic E-state index is 0.242. The maximum atomic E-state index is 12.0. The van der Waals surface area contributed by atoms with Crippen LogP contribution in [0.4, 0.5) is 0 Å². The van der Waals surface area contributed by atoms with E-state index in [1.165, 1.54) is 6.21 Å². The molecular weight excluding hydrogens is 290 g/mol. The van der Waals surface area contributed by atoms with Gasteiger partial charge in [0, 0.05) is 6.21 Å². The normalized spacial score (nSPS) is 24.6. The van der Waals surface area contributed by atoms with E-state index < -0.39 is 23.4 Å². The molecule has 0 bridgehead atoms. The van der Waals surface area contributed by atoms with Crippen LogP contribution in [0.25, 0.3) is 0 Å². The standard InChI is InChI=1S/C17H17N5O/c1-2-13-12(8-18)15(22-10-17(13,21)9-19)14(16(20)23)11-6-4-3-5-7-11/h3-7,10,14-15H,2,21H2,1H3,(H2,20,23). The van der Waals surface area contributed by atoms with Gasteiger partial charge in [0.05, 0.1) is 23.6 Å². The van der Waals surface area contributed by atoms with Crippen LogP contribution in [0.2, 0.25) is 0 Å². The molecule has 23 heavy (non-hydrogen) atoms. The SMILES string of the molecule is CCC1=C(C#N)C(C(C(N)=O)c2ccccc2)N=CC1(N)C#N. The molecule has 0 saturated carbocycles. The fraction of sp³-hybridized carbons (Fsp3) is 0.294. The summed E-state index contributed by atoms with van der Waals surface area (Å²) in [7, 11) is 0. The summed E-state index contributed by atoms with van der Waals surface area (Å²) in [6.07, 6.45) is 1.73. The molecule has 1 aromatic carbocycles. The second-order valence-electron chi connectivity index (χ2n) is 5.35. The number of nitrogens with two attached hydrogens (primary N) is 2. The predicted octanol–water partition coefficient (Wildman–Crippen LogP) is 1.16. The second kappa shape index (κ2) is 6.43. The molecule has 1 aromatic rings. The van der Waals surface area contributed by atoms with Crippen LogP contribution in [0, 0.1) is 22.7 Å². The largest absolute Gasteiger partial charge is 0.369 e. The van der Waals surface area contributed by atoms with E-state index in [1.54, 1.807) is 24.3 Å². The third-order valence-corrected chi connectivity index (χ3v) is 4.00. The van der Waals surface area contributed by atoms with Crippen molar-refractivity contribution < 1.29 is 4.79 Å². The molecule has 1 aliphatic rings. The van der Waals surface area contributed by atoms with E-state index in [0.717, 1.165) is 0 Å². The summed E-state index contributed by atoms with van der Waals surface area (Å²) in [6.45, 7) is 1.81. The van der Waals surface area contributed by atoms with Gasteiger partial charge in [-0.2, -0.15) is 10.5 Å². The molecule has 3 unspecified atom stereocenters. The lowest BCUT2D eigenvalue weighted by molar-refractivity contribution is -0.119. The number of benzene rings is 1. The summed E-state index contributed by atoms with van der Waals surface area (Å²) in [5, 5.41) is 18.9. The maximum Gasteiger partial charge on any atom is 0.227 e. The van der Waals surface area contributed by atoms with Crippen LogP contribution in [-0.4, -0.2) is 23.7 Å². The van der Waals surface area contributed by atoms with Crippen LogP contribution in [0.15, 0.2) is 46.5 Å². The number of nitrogens with zero attached hydrogens (tertiary/aromatic N) is 3. The zero-order valence-electron chi connectivity index (χ0n) is 12.7. The molecule has 1 heterocycles. The van der Waals surface area contributed by atoms with Crippen LogP contribution >= 0.6 is 0 Å². The monoisotopic (exact) mass is 307 g/mol. The maximum absolute atomic E-state index is 12.0. The first kappa shape index (κ1) is 16.4. The minimum Gasteiger partial charge on any atom is -0.369 e. The fourth-order valence-electron chi connectivity index (χ4n) is 2.88. The molecule has 4 N–H and O–H groups in total. The molecule has 0 spiro atoms. The Hall–Kier alpha value is -2.96. The Kier molecular flexibility index (Phi) is 4.59. The number of aliphatic imine (C=N–C) groups is 1. The lowest BCUT2D eigenvalue weighted by Gasteiger charge is -2.31. The molecule has 6 nitrogen and oxygen atoms in total. The van der Waals surface area contributed by atoms with Gasteiger partial charge in [-0.3, -0.25) is 9.79 Å². The van der Waals surface area contributed by atoms with E-state index in [9.17, 15) is 15.3 Å². The number of amides is 1. The third kappa shape index (κ3) is 2.85. The number of carbonyl (C=O) groups is 1. The van der Waals surface area contributed by atoms with Crippen molar-refractivity contribution in [1.82, 2.24) is 0 Å². The van der Waals surface area contributed by atoms with Crippen LogP contribution < -0.4 is 11.5 Å². The Morgan fingerprint density at radius 1 is 1.39 bits per heavy atom. The van der Waals surface area contributed by atoms with Crippen molar-refractivity contribution in [3.63, 3.8) is 0 Å². The highest BCUT2D eigenvalue weighted by molar-refractivity contribution is 5.88. The molecule has 0 aromatic heterocycles. The fourth-order valence-corrected chi connectivity index (χ4v) is 2.88. The van der Waals surface area contributed by atoms with Gasteiger partial charge < -0.3 is 11.5 Å². The topological polar surface area (TPSA) is 129 Å². The van der Waals surface area contributed by atoms with E-state index in [4.69, 9.17) is 11.5 Å². The van der Waals surface area contributed by atoms with Crippen molar-refractivity contribution >= 4 is 12.1 Å². The van der Waals surface area contributed by atoms with Crippen LogP contribution in [0.1, 0.15) is 24.8 Å². The molecule has 0 saturated heterocycles. The zero-order valence-corrected chi connectivity index (χ0v) is 12.7. The summed E-state index contributed by atoms with van der Waals surface area (Å²) < 4.78 is 0. The number of primary amides is 1. The van der Waals surface area contributed by atoms with Crippen molar-refractivity contribution in [1.29, 1.82) is 10.5 Å². The lowest BCUT2D eigenvalue weighted by atomic mass is 9.77. The molecule has 6 heteroatoms. The minimum atomic E-state index is -1.42. The lowest BCUT2D eigenvalue weighted by Crippen LogP contribution is -2.47. The van der Waals surface area contributed by atoms with Gasteiger partial charge in [-0.1, -0.05) is 37.3 Å². The van der Waals surface area contributed by atoms with E-state index in [2.05, 4.69) is 11.1 Å². The highest BCUT2D eigenvalue weighted by Crippen LogP contribution is 2.34. The molecular formula is C17H17N5O. The van der Waals surface area contributed by atoms with Gasteiger partial charge in [0.1, 0.15) is 6.04 Å². The van der Waals surface area contributed by atoms with Crippen molar-refractivity contribution in [3.8, 4) is 12.1 Å². The number of nitriles is 2. The molecule has 0 fully saturated rings. The van der Waals surface area contributed by atoms with Gasteiger partial charge in [-0.25, -0.2) is 0 Å². The predicted molar refractivity (Wildman–Crippen MR) is 86.1 cm³/mol. The summed E-state index contributed by atoms with van der Waals surface area (Å²) in [4.78, 5) is 16.3. The number of hydrogen-bond acceptors (Lipinski definition) is 5. The second-order valence-corrected chi connectivity index (χ2v) is 5.35. The first-order valence-corrected chi connectivity index (χ1v) is 7.20. The van der Waals surface area contributed by atoms with E-state index in [-0.39, 0.29) is 5.57 Å². The first-order valence-electron chi connectivity index (χ1n) is 7.20. The molecule has 0 radical (unpaired) electrons. The van der Waals surface area contributed by atoms with Crippen LogP contribution in [0.3, 0.4) is 0 Å². The number of hydrogen-bond donors (Lipinski definition) is 2. The number of dihydropyridines is 1. The third-order valence-electron chi connectivity index (χ3n) is 4.00. The Morgan fingerprint density at radius 3 is 2.52 bits per heavy atom. The molecule has 2 rings (SSSR count). The van der Waals surface area contributed by atoms with E-state index >= 15 is 0 Å². The Bertz CT molecular complexity index is 753. The number of rotatable bonds is 4. The van der Waals surface area contributed by atoms with Crippen LogP contribution in [-0.2, 0) is 4.79 Å². The Morgan fingerprint density at radius 2 is 2.04 bits per heavy atom. The number of carbonyl (C=O) groups excluding carboxylic acids is 1. The zero-order chi connectivity index (χ0) is 17.0. The van der Waals surface area contributed by atoms with Gasteiger partial charge in [0.15, 0.2) is 5.54 Å². The molecule has 116 valence electrons. The van der Waals surface area contributed by atoms with Gasteiger partial charge in [-0.15, -0.1) is 0 Å². The first-order chi connectivity index (χ1) is 11.0. The van der Waals surface area contributed by atoms with Crippen molar-refractivity contribution in [2.45, 2.75) is 30.8 Å². The van der Waals surface area contributed by atoms with Gasteiger partial charge in [0.25, 0.3) is 0 Å². The van der Waals surface area contributed by atoms with E-state index in [1.807, 2.05) is 19.1 Å². The summed E-state index contributed by atoms with van der Waals surface area (Å²) in [6, 6.07) is 12.2. The van der Waals surface area contributed by atoms with Crippen molar-refractivity contribution in [2.75, 3.05) is 0 Å². The van der Waals surface area contributed by atoms with Gasteiger partial charge in [-0.05, 0) is 17.6 Å². The molecule has 1 amide bonds. The van der Waals surface area contributed by atoms with E-state index in [0.29, 0.717) is 17.6 Å². The van der Waals surface area contributed by atoms with Crippen molar-refractivity contribution in [2.24, 2.45) is 16.5 Å². The highest BCUT2D eigenvalue weighted by Gasteiger charge is 2.40. The summed E-state index contributed by atoms with van der Waals surface area (Å²) >= 11 is 0. The van der Waals surface area contributed by atoms with Gasteiger partial charge >= 0.3 is 0 Å². The average molecular weight is 307 g/mol. The molecule has 1 aliphatic heterocycles. The quantitative estimate of drug-likeness (QED) is 0.864. The van der Waals surface area contributed by atoms with Gasteiger partial charge in [0.2, 0.25) is 5.91 Å². The smallest absolute Gasteiger partial charge is 0.227 e. The molecule has 3 atom stereocenters. The van der Waals surface area contributed by atoms with Crippen molar-refractivity contribution in [3.05, 3.63) is 47.0 Å². The Balaban J connectivity index is 2.60. The van der Waals surface area contributed by atoms with Crippen LogP contribution in [0.5, 0.6) is 0 Å². The summed E-state index contributed by atoms with van der Waals surface area (Å²) in [5.41, 5.74) is 11.6.